The number of rotatable bonds is 9. The Morgan fingerprint density at radius 2 is 1.97 bits per heavy atom. The van der Waals surface area contributed by atoms with Crippen LogP contribution in [0.3, 0.4) is 0 Å². The highest BCUT2D eigenvalue weighted by Crippen LogP contribution is 2.27. The van der Waals surface area contributed by atoms with Gasteiger partial charge in [-0.2, -0.15) is 9.40 Å². The van der Waals surface area contributed by atoms with E-state index >= 15 is 0 Å². The zero-order chi connectivity index (χ0) is 20.7. The molecule has 0 saturated carbocycles. The number of nitrogens with one attached hydrogen (secondary N) is 1. The lowest BCUT2D eigenvalue weighted by Crippen LogP contribution is -2.39. The zero-order valence-electron chi connectivity index (χ0n) is 16.3. The molecule has 9 heteroatoms. The van der Waals surface area contributed by atoms with Gasteiger partial charge in [-0.3, -0.25) is 9.48 Å². The molecule has 1 aromatic heterocycles. The smallest absolute Gasteiger partial charge is 0.245 e. The molecule has 7 nitrogen and oxygen atoms in total. The minimum Gasteiger partial charge on any atom is -0.356 e. The first-order valence-electron chi connectivity index (χ1n) is 9.95. The van der Waals surface area contributed by atoms with Crippen LogP contribution in [-0.4, -0.2) is 48.0 Å². The maximum Gasteiger partial charge on any atom is 0.245 e. The van der Waals surface area contributed by atoms with Gasteiger partial charge in [0, 0.05) is 45.0 Å². The molecule has 1 aliphatic heterocycles. The number of hydrogen-bond donors (Lipinski definition) is 1. The largest absolute Gasteiger partial charge is 0.356 e. The summed E-state index contributed by atoms with van der Waals surface area (Å²) in [4.78, 5) is 11.7. The molecule has 1 fully saturated rings. The molecule has 2 heterocycles. The van der Waals surface area contributed by atoms with Gasteiger partial charge < -0.3 is 5.32 Å². The molecule has 3 rings (SSSR count). The Kier molecular flexibility index (Phi) is 7.38. The minimum atomic E-state index is -3.81. The molecular formula is C20H27FN4O3S. The van der Waals surface area contributed by atoms with Crippen LogP contribution in [0.5, 0.6) is 0 Å². The topological polar surface area (TPSA) is 84.3 Å². The fourth-order valence-corrected chi connectivity index (χ4v) is 5.09. The summed E-state index contributed by atoms with van der Waals surface area (Å²) < 4.78 is 42.3. The molecule has 1 saturated heterocycles. The molecule has 1 N–H and O–H groups in total. The van der Waals surface area contributed by atoms with Crippen LogP contribution in [0.25, 0.3) is 0 Å². The number of sulfonamides is 1. The van der Waals surface area contributed by atoms with Crippen molar-refractivity contribution in [2.75, 3.05) is 19.6 Å². The summed E-state index contributed by atoms with van der Waals surface area (Å²) in [6.07, 6.45) is 6.97. The molecule has 2 aromatic rings. The third-order valence-corrected chi connectivity index (χ3v) is 7.18. The second-order valence-electron chi connectivity index (χ2n) is 7.29. The standard InChI is InChI=1S/C20H27FN4O3S/c21-18-5-1-2-6-19(18)29(27,28)25-15-9-17(10-16-25)7-8-20(26)22-11-3-13-24-14-4-12-23-24/h1-2,4-6,12,14,17H,3,7-11,13,15-16H2,(H,22,26). The van der Waals surface area contributed by atoms with E-state index in [0.29, 0.717) is 44.8 Å². The second kappa shape index (κ2) is 9.98. The van der Waals surface area contributed by atoms with Crippen molar-refractivity contribution in [1.29, 1.82) is 0 Å². The SMILES string of the molecule is O=C(CCC1CCN(S(=O)(=O)c2ccccc2F)CC1)NCCCn1cccn1. The van der Waals surface area contributed by atoms with Gasteiger partial charge in [-0.25, -0.2) is 12.8 Å². The number of hydrogen-bond acceptors (Lipinski definition) is 4. The van der Waals surface area contributed by atoms with E-state index < -0.39 is 15.8 Å². The number of aromatic nitrogens is 2. The highest BCUT2D eigenvalue weighted by Gasteiger charge is 2.31. The molecule has 0 aliphatic carbocycles. The van der Waals surface area contributed by atoms with E-state index in [1.54, 1.807) is 6.20 Å². The summed E-state index contributed by atoms with van der Waals surface area (Å²) >= 11 is 0. The Hall–Kier alpha value is -2.26. The molecule has 158 valence electrons. The van der Waals surface area contributed by atoms with E-state index in [2.05, 4.69) is 10.4 Å². The second-order valence-corrected chi connectivity index (χ2v) is 9.20. The molecule has 0 unspecified atom stereocenters. The maximum atomic E-state index is 13.9. The highest BCUT2D eigenvalue weighted by atomic mass is 32.2. The van der Waals surface area contributed by atoms with E-state index in [-0.39, 0.29) is 10.8 Å². The quantitative estimate of drug-likeness (QED) is 0.629. The Morgan fingerprint density at radius 3 is 2.66 bits per heavy atom. The summed E-state index contributed by atoms with van der Waals surface area (Å²) in [5.41, 5.74) is 0. The first-order chi connectivity index (χ1) is 14.0. The third-order valence-electron chi connectivity index (χ3n) is 5.25. The van der Waals surface area contributed by atoms with Crippen LogP contribution in [0.15, 0.2) is 47.6 Å². The van der Waals surface area contributed by atoms with Crippen LogP contribution in [0.2, 0.25) is 0 Å². The molecule has 1 aromatic carbocycles. The first kappa shape index (κ1) is 21.4. The summed E-state index contributed by atoms with van der Waals surface area (Å²) in [6, 6.07) is 7.33. The molecule has 0 radical (unpaired) electrons. The lowest BCUT2D eigenvalue weighted by atomic mass is 9.93. The predicted molar refractivity (Wildman–Crippen MR) is 107 cm³/mol. The van der Waals surface area contributed by atoms with Crippen LogP contribution in [0.4, 0.5) is 4.39 Å². The van der Waals surface area contributed by atoms with Crippen molar-refractivity contribution in [2.45, 2.75) is 43.5 Å². The van der Waals surface area contributed by atoms with E-state index in [4.69, 9.17) is 0 Å². The minimum absolute atomic E-state index is 0.0203. The van der Waals surface area contributed by atoms with Crippen LogP contribution in [-0.2, 0) is 21.4 Å². The zero-order valence-corrected chi connectivity index (χ0v) is 17.2. The Balaban J connectivity index is 1.36. The summed E-state index contributed by atoms with van der Waals surface area (Å²) in [6.45, 7) is 2.08. The summed E-state index contributed by atoms with van der Waals surface area (Å²) in [7, 11) is -3.81. The van der Waals surface area contributed by atoms with Gasteiger partial charge in [0.15, 0.2) is 0 Å². The average Bonchev–Trinajstić information content (AvgIpc) is 3.24. The molecular weight excluding hydrogens is 395 g/mol. The number of nitrogens with zero attached hydrogens (tertiary/aromatic N) is 3. The van der Waals surface area contributed by atoms with Crippen molar-refractivity contribution < 1.29 is 17.6 Å². The number of amides is 1. The van der Waals surface area contributed by atoms with Gasteiger partial charge in [0.25, 0.3) is 0 Å². The van der Waals surface area contributed by atoms with Gasteiger partial charge in [0.1, 0.15) is 10.7 Å². The van der Waals surface area contributed by atoms with Gasteiger partial charge in [-0.05, 0) is 49.8 Å². The van der Waals surface area contributed by atoms with Gasteiger partial charge in [-0.15, -0.1) is 0 Å². The van der Waals surface area contributed by atoms with Crippen molar-refractivity contribution in [3.63, 3.8) is 0 Å². The van der Waals surface area contributed by atoms with Crippen molar-refractivity contribution in [1.82, 2.24) is 19.4 Å². The number of piperidine rings is 1. The lowest BCUT2D eigenvalue weighted by Gasteiger charge is -2.31. The molecule has 0 spiro atoms. The van der Waals surface area contributed by atoms with E-state index in [9.17, 15) is 17.6 Å². The fraction of sp³-hybridized carbons (Fsp3) is 0.500. The van der Waals surface area contributed by atoms with Gasteiger partial charge >= 0.3 is 0 Å². The van der Waals surface area contributed by atoms with Crippen LogP contribution in [0.1, 0.15) is 32.1 Å². The van der Waals surface area contributed by atoms with Gasteiger partial charge in [-0.1, -0.05) is 12.1 Å². The monoisotopic (exact) mass is 422 g/mol. The molecule has 0 atom stereocenters. The number of aryl methyl sites for hydroxylation is 1. The van der Waals surface area contributed by atoms with Crippen molar-refractivity contribution in [3.8, 4) is 0 Å². The van der Waals surface area contributed by atoms with Crippen molar-refractivity contribution in [3.05, 3.63) is 48.5 Å². The number of benzene rings is 1. The maximum absolute atomic E-state index is 13.9. The number of carbonyl (C=O) groups excluding carboxylic acids is 1. The summed E-state index contributed by atoms with van der Waals surface area (Å²) in [5.74, 6) is -0.400. The van der Waals surface area contributed by atoms with Crippen molar-refractivity contribution >= 4 is 15.9 Å². The van der Waals surface area contributed by atoms with E-state index in [1.165, 1.54) is 22.5 Å². The van der Waals surface area contributed by atoms with E-state index in [0.717, 1.165) is 25.5 Å². The molecule has 29 heavy (non-hydrogen) atoms. The van der Waals surface area contributed by atoms with Crippen molar-refractivity contribution in [2.24, 2.45) is 5.92 Å². The Labute approximate surface area is 171 Å². The predicted octanol–water partition coefficient (Wildman–Crippen LogP) is 2.41. The van der Waals surface area contributed by atoms with Gasteiger partial charge in [0.2, 0.25) is 15.9 Å². The van der Waals surface area contributed by atoms with Crippen LogP contribution >= 0.6 is 0 Å². The Morgan fingerprint density at radius 1 is 1.21 bits per heavy atom. The lowest BCUT2D eigenvalue weighted by molar-refractivity contribution is -0.121. The fourth-order valence-electron chi connectivity index (χ4n) is 3.56. The average molecular weight is 423 g/mol. The van der Waals surface area contributed by atoms with Crippen LogP contribution < -0.4 is 5.32 Å². The molecule has 1 amide bonds. The molecule has 1 aliphatic rings. The normalized spacial score (nSPS) is 16.0. The Bertz CT molecular complexity index is 894. The van der Waals surface area contributed by atoms with E-state index in [1.807, 2.05) is 16.9 Å². The molecule has 0 bridgehead atoms. The van der Waals surface area contributed by atoms with Crippen LogP contribution in [0, 0.1) is 11.7 Å². The summed E-state index contributed by atoms with van der Waals surface area (Å²) in [5, 5.41) is 7.03. The van der Waals surface area contributed by atoms with Gasteiger partial charge in [0.05, 0.1) is 0 Å². The third kappa shape index (κ3) is 5.86. The highest BCUT2D eigenvalue weighted by molar-refractivity contribution is 7.89. The number of halogens is 1. The first-order valence-corrected chi connectivity index (χ1v) is 11.4. The number of carbonyl (C=O) groups is 1.